The Hall–Kier alpha value is -2.77. The number of amides is 2. The average molecular weight is 309 g/mol. The van der Waals surface area contributed by atoms with Crippen LogP contribution in [0.25, 0.3) is 0 Å². The van der Waals surface area contributed by atoms with Gasteiger partial charge < -0.3 is 19.9 Å². The van der Waals surface area contributed by atoms with E-state index in [0.29, 0.717) is 17.1 Å². The smallest absolute Gasteiger partial charge is 0.344 e. The van der Waals surface area contributed by atoms with Gasteiger partial charge in [0.25, 0.3) is 0 Å². The van der Waals surface area contributed by atoms with Crippen LogP contribution in [0.3, 0.4) is 0 Å². The van der Waals surface area contributed by atoms with Gasteiger partial charge >= 0.3 is 12.0 Å². The highest BCUT2D eigenvalue weighted by atomic mass is 16.6. The van der Waals surface area contributed by atoms with Crippen molar-refractivity contribution in [3.05, 3.63) is 23.8 Å². The average Bonchev–Trinajstić information content (AvgIpc) is 2.44. The fourth-order valence-electron chi connectivity index (χ4n) is 1.49. The second-order valence-electron chi connectivity index (χ2n) is 4.47. The van der Waals surface area contributed by atoms with E-state index < -0.39 is 12.0 Å². The molecule has 0 atom stereocenters. The zero-order valence-corrected chi connectivity index (χ0v) is 12.7. The van der Waals surface area contributed by atoms with Gasteiger partial charge in [-0.05, 0) is 37.6 Å². The lowest BCUT2D eigenvalue weighted by Gasteiger charge is -2.12. The van der Waals surface area contributed by atoms with E-state index in [1.54, 1.807) is 32.0 Å². The number of methoxy groups -OCH3 is 1. The summed E-state index contributed by atoms with van der Waals surface area (Å²) in [5.74, 6) is 0.344. The molecule has 120 valence electrons. The number of hydrogen-bond donors (Lipinski definition) is 2. The Kier molecular flexibility index (Phi) is 6.68. The fraction of sp³-hybridized carbons (Fsp3) is 0.357. The summed E-state index contributed by atoms with van der Waals surface area (Å²) in [5.41, 5.74) is 7.62. The third-order valence-electron chi connectivity index (χ3n) is 2.29. The summed E-state index contributed by atoms with van der Waals surface area (Å²) < 4.78 is 15.5. The van der Waals surface area contributed by atoms with Crippen LogP contribution in [-0.4, -0.2) is 38.0 Å². The van der Waals surface area contributed by atoms with Gasteiger partial charge in [-0.1, -0.05) is 0 Å². The van der Waals surface area contributed by atoms with Crippen LogP contribution in [0.15, 0.2) is 23.3 Å². The molecule has 0 fully saturated rings. The normalized spacial score (nSPS) is 10.5. The fourth-order valence-corrected chi connectivity index (χ4v) is 1.49. The van der Waals surface area contributed by atoms with E-state index in [1.165, 1.54) is 13.3 Å². The molecule has 0 aliphatic carbocycles. The molecule has 0 unspecified atom stereocenters. The summed E-state index contributed by atoms with van der Waals surface area (Å²) >= 11 is 0. The number of carbonyl (C=O) groups is 2. The lowest BCUT2D eigenvalue weighted by Crippen LogP contribution is -2.24. The standard InChI is InChI=1S/C14H19N3O5/c1-9(2)22-13(18)8-21-11-5-4-10(6-12(11)20-3)7-16-17-14(15)19/h4-7,9H,8H2,1-3H3,(H3,15,17,19). The van der Waals surface area contributed by atoms with Crippen LogP contribution in [0.2, 0.25) is 0 Å². The number of benzene rings is 1. The number of urea groups is 1. The van der Waals surface area contributed by atoms with E-state index >= 15 is 0 Å². The van der Waals surface area contributed by atoms with E-state index in [2.05, 4.69) is 10.5 Å². The molecule has 3 N–H and O–H groups in total. The number of hydrazone groups is 1. The van der Waals surface area contributed by atoms with Crippen LogP contribution in [0, 0.1) is 0 Å². The molecule has 22 heavy (non-hydrogen) atoms. The maximum absolute atomic E-state index is 11.4. The molecule has 1 aromatic rings. The number of rotatable bonds is 7. The molecule has 8 heteroatoms. The van der Waals surface area contributed by atoms with Crippen molar-refractivity contribution < 1.29 is 23.8 Å². The molecule has 0 saturated heterocycles. The van der Waals surface area contributed by atoms with Crippen molar-refractivity contribution in [1.29, 1.82) is 0 Å². The SMILES string of the molecule is COc1cc(C=NNC(N)=O)ccc1OCC(=O)OC(C)C. The number of carbonyl (C=O) groups excluding carboxylic acids is 2. The Balaban J connectivity index is 2.70. The van der Waals surface area contributed by atoms with Gasteiger partial charge in [-0.25, -0.2) is 15.0 Å². The molecule has 0 aliphatic rings. The highest BCUT2D eigenvalue weighted by Gasteiger charge is 2.10. The first-order chi connectivity index (χ1) is 10.4. The summed E-state index contributed by atoms with van der Waals surface area (Å²) in [6, 6.07) is 4.17. The maximum atomic E-state index is 11.4. The van der Waals surface area contributed by atoms with E-state index in [0.717, 1.165) is 0 Å². The molecule has 0 aliphatic heterocycles. The van der Waals surface area contributed by atoms with Gasteiger partial charge in [-0.2, -0.15) is 5.10 Å². The number of nitrogens with zero attached hydrogens (tertiary/aromatic N) is 1. The maximum Gasteiger partial charge on any atom is 0.344 e. The molecular weight excluding hydrogens is 290 g/mol. The van der Waals surface area contributed by atoms with Crippen molar-refractivity contribution >= 4 is 18.2 Å². The summed E-state index contributed by atoms with van der Waals surface area (Å²) in [6.07, 6.45) is 1.19. The van der Waals surface area contributed by atoms with E-state index in [4.69, 9.17) is 19.9 Å². The van der Waals surface area contributed by atoms with Gasteiger partial charge in [0.1, 0.15) is 0 Å². The van der Waals surface area contributed by atoms with Crippen molar-refractivity contribution in [2.24, 2.45) is 10.8 Å². The molecular formula is C14H19N3O5. The van der Waals surface area contributed by atoms with Crippen LogP contribution in [0.1, 0.15) is 19.4 Å². The van der Waals surface area contributed by atoms with Gasteiger partial charge in [0.05, 0.1) is 19.4 Å². The predicted octanol–water partition coefficient (Wildman–Crippen LogP) is 1.03. The highest BCUT2D eigenvalue weighted by molar-refractivity contribution is 5.82. The van der Waals surface area contributed by atoms with Gasteiger partial charge in [0, 0.05) is 0 Å². The lowest BCUT2D eigenvalue weighted by molar-refractivity contribution is -0.149. The molecule has 1 aromatic carbocycles. The number of ether oxygens (including phenoxy) is 3. The number of nitrogens with two attached hydrogens (primary N) is 1. The predicted molar refractivity (Wildman–Crippen MR) is 80.0 cm³/mol. The van der Waals surface area contributed by atoms with Crippen LogP contribution in [-0.2, 0) is 9.53 Å². The van der Waals surface area contributed by atoms with Crippen LogP contribution < -0.4 is 20.6 Å². The highest BCUT2D eigenvalue weighted by Crippen LogP contribution is 2.27. The van der Waals surface area contributed by atoms with Crippen molar-refractivity contribution in [3.63, 3.8) is 0 Å². The zero-order chi connectivity index (χ0) is 16.5. The minimum atomic E-state index is -0.758. The summed E-state index contributed by atoms with van der Waals surface area (Å²) in [7, 11) is 1.47. The van der Waals surface area contributed by atoms with E-state index in [1.807, 2.05) is 0 Å². The molecule has 0 aromatic heterocycles. The topological polar surface area (TPSA) is 112 Å². The van der Waals surface area contributed by atoms with Gasteiger partial charge in [0.15, 0.2) is 18.1 Å². The zero-order valence-electron chi connectivity index (χ0n) is 12.7. The third kappa shape index (κ3) is 6.12. The lowest BCUT2D eigenvalue weighted by atomic mass is 10.2. The number of nitrogens with one attached hydrogen (secondary N) is 1. The Morgan fingerprint density at radius 2 is 2.09 bits per heavy atom. The summed E-state index contributed by atoms with van der Waals surface area (Å²) in [6.45, 7) is 3.30. The largest absolute Gasteiger partial charge is 0.493 e. The second-order valence-corrected chi connectivity index (χ2v) is 4.47. The first kappa shape index (κ1) is 17.3. The monoisotopic (exact) mass is 309 g/mol. The number of primary amides is 1. The van der Waals surface area contributed by atoms with Gasteiger partial charge in [-0.15, -0.1) is 0 Å². The van der Waals surface area contributed by atoms with Crippen LogP contribution >= 0.6 is 0 Å². The van der Waals surface area contributed by atoms with Crippen molar-refractivity contribution in [2.45, 2.75) is 20.0 Å². The Labute approximate surface area is 128 Å². The first-order valence-corrected chi connectivity index (χ1v) is 6.51. The van der Waals surface area contributed by atoms with Gasteiger partial charge in [-0.3, -0.25) is 0 Å². The Morgan fingerprint density at radius 3 is 2.68 bits per heavy atom. The molecule has 8 nitrogen and oxygen atoms in total. The molecule has 0 spiro atoms. The number of esters is 1. The third-order valence-corrected chi connectivity index (χ3v) is 2.29. The Bertz CT molecular complexity index is 557. The molecule has 2 amide bonds. The second kappa shape index (κ2) is 8.50. The van der Waals surface area contributed by atoms with E-state index in [-0.39, 0.29) is 12.7 Å². The van der Waals surface area contributed by atoms with Crippen LogP contribution in [0.4, 0.5) is 4.79 Å². The molecule has 0 radical (unpaired) electrons. The first-order valence-electron chi connectivity index (χ1n) is 6.51. The van der Waals surface area contributed by atoms with Crippen molar-refractivity contribution in [1.82, 2.24) is 5.43 Å². The van der Waals surface area contributed by atoms with Crippen LogP contribution in [0.5, 0.6) is 11.5 Å². The Morgan fingerprint density at radius 1 is 1.36 bits per heavy atom. The van der Waals surface area contributed by atoms with Gasteiger partial charge in [0.2, 0.25) is 0 Å². The number of hydrogen-bond acceptors (Lipinski definition) is 6. The molecule has 0 saturated carbocycles. The summed E-state index contributed by atoms with van der Waals surface area (Å²) in [5, 5.41) is 3.63. The molecule has 1 rings (SSSR count). The summed E-state index contributed by atoms with van der Waals surface area (Å²) in [4.78, 5) is 21.9. The van der Waals surface area contributed by atoms with Crippen molar-refractivity contribution in [2.75, 3.05) is 13.7 Å². The molecule has 0 heterocycles. The van der Waals surface area contributed by atoms with E-state index in [9.17, 15) is 9.59 Å². The quantitative estimate of drug-likeness (QED) is 0.444. The minimum Gasteiger partial charge on any atom is -0.493 e. The van der Waals surface area contributed by atoms with Crippen molar-refractivity contribution in [3.8, 4) is 11.5 Å². The molecule has 0 bridgehead atoms. The minimum absolute atomic E-state index is 0.200.